The number of β-amino-alcohol motifs (C(OH)–C–C–N with tert-alkyl or cyclic N) is 1. The van der Waals surface area contributed by atoms with Gasteiger partial charge >= 0.3 is 6.18 Å². The lowest BCUT2D eigenvalue weighted by atomic mass is 9.84. The number of para-hydroxylation sites is 1. The normalized spacial score (nSPS) is 25.0. The van der Waals surface area contributed by atoms with Crippen LogP contribution in [0.3, 0.4) is 0 Å². The number of aliphatic hydroxyl groups excluding tert-OH is 1. The molecular formula is C55H66F3N9O8. The van der Waals surface area contributed by atoms with Crippen molar-refractivity contribution in [3.8, 4) is 28.8 Å². The topological polar surface area (TPSA) is 215 Å². The van der Waals surface area contributed by atoms with Gasteiger partial charge in [-0.05, 0) is 104 Å². The van der Waals surface area contributed by atoms with Crippen molar-refractivity contribution in [2.24, 2.45) is 5.92 Å². The molecule has 75 heavy (non-hydrogen) atoms. The third-order valence-corrected chi connectivity index (χ3v) is 15.8. The molecule has 0 radical (unpaired) electrons. The number of aromatic hydroxyl groups is 1. The molecule has 7 heterocycles. The van der Waals surface area contributed by atoms with Gasteiger partial charge in [-0.1, -0.05) is 38.1 Å². The Morgan fingerprint density at radius 2 is 1.61 bits per heavy atom. The average Bonchev–Trinajstić information content (AvgIpc) is 4.09. The summed E-state index contributed by atoms with van der Waals surface area (Å²) in [5, 5.41) is 36.5. The number of pyridine rings is 1. The smallest absolute Gasteiger partial charge is 0.416 e. The number of fused-ring (bicyclic) bond motifs is 2. The summed E-state index contributed by atoms with van der Waals surface area (Å²) in [5.41, 5.74) is 9.47. The Bertz CT molecular complexity index is 2770. The van der Waals surface area contributed by atoms with Crippen LogP contribution < -0.4 is 25.4 Å². The lowest BCUT2D eigenvalue weighted by Gasteiger charge is -2.41. The Morgan fingerprint density at radius 1 is 0.880 bits per heavy atom. The number of anilines is 2. The first-order valence-electron chi connectivity index (χ1n) is 26.3. The second kappa shape index (κ2) is 22.0. The molecule has 20 heteroatoms. The summed E-state index contributed by atoms with van der Waals surface area (Å²) in [4.78, 5) is 38.4. The average molecular weight is 1040 g/mol. The highest BCUT2D eigenvalue weighted by atomic mass is 19.4. The molecule has 2 amide bonds. The number of piperidine rings is 2. The van der Waals surface area contributed by atoms with Crippen LogP contribution in [0.2, 0.25) is 0 Å². The predicted molar refractivity (Wildman–Crippen MR) is 271 cm³/mol. The second-order valence-corrected chi connectivity index (χ2v) is 21.3. The van der Waals surface area contributed by atoms with Crippen molar-refractivity contribution in [1.29, 1.82) is 0 Å². The van der Waals surface area contributed by atoms with Gasteiger partial charge in [0.05, 0.1) is 35.6 Å². The number of nitrogens with one attached hydrogen (secondary N) is 1. The van der Waals surface area contributed by atoms with Crippen LogP contribution in [0, 0.1) is 5.92 Å². The monoisotopic (exact) mass is 1040 g/mol. The molecule has 5 aromatic rings. The molecule has 5 aliphatic rings. The van der Waals surface area contributed by atoms with E-state index in [-0.39, 0.29) is 60.5 Å². The maximum atomic E-state index is 14.1. The number of nitrogens with two attached hydrogens (primary N) is 1. The van der Waals surface area contributed by atoms with Crippen LogP contribution in [0.4, 0.5) is 24.7 Å². The fraction of sp³-hybridized carbons (Fsp3) is 0.527. The first kappa shape index (κ1) is 52.0. The zero-order valence-corrected chi connectivity index (χ0v) is 42.4. The van der Waals surface area contributed by atoms with Gasteiger partial charge < -0.3 is 49.8 Å². The Kier molecular flexibility index (Phi) is 15.2. The molecule has 3 aromatic heterocycles. The number of nitrogen functional groups attached to an aromatic ring is 1. The van der Waals surface area contributed by atoms with E-state index in [0.717, 1.165) is 87.8 Å². The van der Waals surface area contributed by atoms with E-state index in [1.165, 1.54) is 17.0 Å². The standard InChI is InChI=1S/C55H66F3N9O8/c1-31(2)51(54(71)66-30-39(68)25-46(66)53(70)61-32(3)33-8-10-35(11-9-33)55(56,57)58)48-29-50(64-75-48)72-21-20-65-18-15-40(16-19-65)73-41-26-42(27-41)74-49-24-38(14-17-60-49)67-36-12-13-37(67)23-34(22-36)44-28-45(62-63-52(44)59)43-6-4-5-7-47(43)69/h4-11,14,17,24,28-29,31-32,34,36-37,39-42,46,51,68-69H,12-13,15-16,18-23,25-27,30H2,1-3H3,(H2,59,63)(H,61,70)/t32-,34?,36?,37?,39+,41-,42-,46-,51+/m0/s1. The molecule has 0 spiro atoms. The first-order chi connectivity index (χ1) is 36.0. The van der Waals surface area contributed by atoms with Crippen molar-refractivity contribution in [2.45, 2.75) is 145 Å². The van der Waals surface area contributed by atoms with Crippen molar-refractivity contribution in [1.82, 2.24) is 35.5 Å². The van der Waals surface area contributed by atoms with Gasteiger partial charge in [-0.25, -0.2) is 4.98 Å². The molecule has 2 aromatic carbocycles. The summed E-state index contributed by atoms with van der Waals surface area (Å²) in [6.45, 7) is 8.03. The van der Waals surface area contributed by atoms with E-state index in [0.29, 0.717) is 53.8 Å². The third kappa shape index (κ3) is 11.7. The Labute approximate surface area is 433 Å². The summed E-state index contributed by atoms with van der Waals surface area (Å²) in [6.07, 6.45) is 4.28. The van der Waals surface area contributed by atoms with Crippen molar-refractivity contribution in [3.05, 3.63) is 101 Å². The number of hydrogen-bond donors (Lipinski definition) is 4. The van der Waals surface area contributed by atoms with Gasteiger partial charge in [-0.2, -0.15) is 13.2 Å². The number of carbonyl (C=O) groups excluding carboxylic acids is 2. The van der Waals surface area contributed by atoms with Gasteiger partial charge in [-0.15, -0.1) is 10.2 Å². The van der Waals surface area contributed by atoms with Crippen LogP contribution in [-0.4, -0.2) is 127 Å². The lowest BCUT2D eigenvalue weighted by molar-refractivity contribution is -0.141. The number of likely N-dealkylation sites (tertiary alicyclic amines) is 2. The summed E-state index contributed by atoms with van der Waals surface area (Å²) in [6, 6.07) is 18.5. The number of halogens is 3. The summed E-state index contributed by atoms with van der Waals surface area (Å²) in [5.74, 6) is 0.000632. The maximum Gasteiger partial charge on any atom is 0.416 e. The molecule has 17 nitrogen and oxygen atoms in total. The Balaban J connectivity index is 0.642. The summed E-state index contributed by atoms with van der Waals surface area (Å²) < 4.78 is 63.9. The molecule has 10 rings (SSSR count). The molecule has 5 N–H and O–H groups in total. The van der Waals surface area contributed by atoms with E-state index < -0.39 is 47.7 Å². The van der Waals surface area contributed by atoms with E-state index in [9.17, 15) is 33.0 Å². The number of aromatic nitrogens is 4. The number of alkyl halides is 3. The highest BCUT2D eigenvalue weighted by molar-refractivity contribution is 5.91. The highest BCUT2D eigenvalue weighted by Gasteiger charge is 2.45. The molecule has 1 saturated carbocycles. The molecule has 4 aliphatic heterocycles. The van der Waals surface area contributed by atoms with Crippen molar-refractivity contribution in [3.63, 3.8) is 0 Å². The van der Waals surface area contributed by atoms with E-state index in [2.05, 4.69) is 47.6 Å². The number of ether oxygens (including phenoxy) is 3. The van der Waals surface area contributed by atoms with E-state index in [1.54, 1.807) is 25.1 Å². The molecular weight excluding hydrogens is 972 g/mol. The quantitative estimate of drug-likeness (QED) is 0.0699. The zero-order chi connectivity index (χ0) is 52.5. The second-order valence-electron chi connectivity index (χ2n) is 21.3. The number of rotatable bonds is 17. The van der Waals surface area contributed by atoms with Gasteiger partial charge in [0.1, 0.15) is 36.2 Å². The number of benzene rings is 2. The first-order valence-corrected chi connectivity index (χ1v) is 26.3. The van der Waals surface area contributed by atoms with Crippen molar-refractivity contribution < 1.29 is 51.7 Å². The Hall–Kier alpha value is -6.51. The van der Waals surface area contributed by atoms with E-state index >= 15 is 0 Å². The van der Waals surface area contributed by atoms with Gasteiger partial charge in [0, 0.05) is 92.7 Å². The molecule has 4 saturated heterocycles. The Morgan fingerprint density at radius 3 is 2.32 bits per heavy atom. The van der Waals surface area contributed by atoms with E-state index in [4.69, 9.17) is 24.5 Å². The van der Waals surface area contributed by atoms with Gasteiger partial charge in [0.15, 0.2) is 5.76 Å². The largest absolute Gasteiger partial charge is 0.507 e. The molecule has 1 aliphatic carbocycles. The van der Waals surface area contributed by atoms with Gasteiger partial charge in [0.25, 0.3) is 5.88 Å². The van der Waals surface area contributed by atoms with Gasteiger partial charge in [-0.3, -0.25) is 14.5 Å². The fourth-order valence-corrected chi connectivity index (χ4v) is 11.8. The van der Waals surface area contributed by atoms with Crippen LogP contribution in [0.25, 0.3) is 11.3 Å². The van der Waals surface area contributed by atoms with Crippen LogP contribution in [0.1, 0.15) is 119 Å². The molecule has 2 unspecified atom stereocenters. The van der Waals surface area contributed by atoms with E-state index in [1.807, 2.05) is 38.2 Å². The number of aliphatic hydroxyl groups is 1. The van der Waals surface area contributed by atoms with Crippen molar-refractivity contribution in [2.75, 3.05) is 43.4 Å². The van der Waals surface area contributed by atoms with Crippen LogP contribution >= 0.6 is 0 Å². The fourth-order valence-electron chi connectivity index (χ4n) is 11.8. The molecule has 5 fully saturated rings. The SMILES string of the molecule is CC(C)[C@@H](C(=O)N1C[C@H](O)C[C@H]1C(=O)N[C@@H](C)c1ccc(C(F)(F)F)cc1)c1cc(OCCN2CCC(O[C@H]3C[C@H](Oc4cc(N5C6CCC5CC(c5cc(-c7ccccc7O)nnc5N)C6)ccn4)C3)CC2)no1. The number of carbonyl (C=O) groups is 2. The van der Waals surface area contributed by atoms with Gasteiger partial charge in [0.2, 0.25) is 17.7 Å². The molecule has 2 bridgehead atoms. The summed E-state index contributed by atoms with van der Waals surface area (Å²) in [7, 11) is 0. The maximum absolute atomic E-state index is 14.1. The minimum absolute atomic E-state index is 0.0137. The number of phenols is 1. The molecule has 400 valence electrons. The van der Waals surface area contributed by atoms with Crippen molar-refractivity contribution >= 4 is 23.3 Å². The number of nitrogens with zero attached hydrogens (tertiary/aromatic N) is 7. The number of amides is 2. The predicted octanol–water partition coefficient (Wildman–Crippen LogP) is 7.80. The number of hydrogen-bond acceptors (Lipinski definition) is 15. The lowest BCUT2D eigenvalue weighted by Crippen LogP contribution is -2.48. The summed E-state index contributed by atoms with van der Waals surface area (Å²) >= 11 is 0. The van der Waals surface area contributed by atoms with Crippen LogP contribution in [0.15, 0.2) is 83.5 Å². The zero-order valence-electron chi connectivity index (χ0n) is 42.4. The molecule has 6 atom stereocenters. The minimum Gasteiger partial charge on any atom is -0.507 e. The minimum atomic E-state index is -4.48. The van der Waals surface area contributed by atoms with Crippen LogP contribution in [-0.2, 0) is 20.5 Å². The third-order valence-electron chi connectivity index (χ3n) is 15.8. The van der Waals surface area contributed by atoms with Crippen LogP contribution in [0.5, 0.6) is 17.5 Å². The number of phenolic OH excluding ortho intramolecular Hbond substituents is 1. The highest BCUT2D eigenvalue weighted by Crippen LogP contribution is 2.47.